The van der Waals surface area contributed by atoms with Gasteiger partial charge < -0.3 is 31.9 Å². The monoisotopic (exact) mass is 372 g/mol. The van der Waals surface area contributed by atoms with E-state index in [9.17, 15) is 19.2 Å². The van der Waals surface area contributed by atoms with E-state index in [1.54, 1.807) is 0 Å². The number of hydrogen-bond acceptors (Lipinski definition) is 6. The Morgan fingerprint density at radius 1 is 0.591 bits per heavy atom. The van der Waals surface area contributed by atoms with Crippen molar-refractivity contribution in [3.8, 4) is 0 Å². The molecule has 0 spiro atoms. The van der Waals surface area contributed by atoms with Crippen LogP contribution in [0, 0.1) is 0 Å². The molecule has 0 saturated heterocycles. The van der Waals surface area contributed by atoms with Crippen molar-refractivity contribution in [1.29, 1.82) is 0 Å². The van der Waals surface area contributed by atoms with Crippen molar-refractivity contribution in [1.82, 2.24) is 0 Å². The molecular formula is C10H18K2N2O8. The van der Waals surface area contributed by atoms with Gasteiger partial charge in [0.25, 0.3) is 0 Å². The van der Waals surface area contributed by atoms with Crippen LogP contribution in [-0.4, -0.2) is 158 Å². The molecule has 118 valence electrons. The van der Waals surface area contributed by atoms with E-state index in [4.69, 9.17) is 31.9 Å². The second kappa shape index (κ2) is 11.6. The summed E-state index contributed by atoms with van der Waals surface area (Å²) in [5, 5.41) is 35.1. The van der Waals surface area contributed by atoms with Crippen molar-refractivity contribution >= 4 is 127 Å². The maximum absolute atomic E-state index is 10.8. The van der Waals surface area contributed by atoms with Gasteiger partial charge in [0.1, 0.15) is 0 Å². The summed E-state index contributed by atoms with van der Waals surface area (Å²) in [7, 11) is 0. The number of carbonyl (C=O) groups is 4. The van der Waals surface area contributed by atoms with Crippen molar-refractivity contribution in [2.45, 2.75) is 36.8 Å². The van der Waals surface area contributed by atoms with E-state index in [0.717, 1.165) is 0 Å². The number of carboxylic acid groups (broad SMARTS) is 4. The zero-order valence-electron chi connectivity index (χ0n) is 10.4. The van der Waals surface area contributed by atoms with Gasteiger partial charge in [0, 0.05) is 0 Å². The Bertz CT molecular complexity index is 371. The first-order valence-corrected chi connectivity index (χ1v) is 5.37. The topological polar surface area (TPSA) is 201 Å². The van der Waals surface area contributed by atoms with E-state index < -0.39 is 60.6 Å². The molecule has 0 aliphatic heterocycles. The van der Waals surface area contributed by atoms with Crippen LogP contribution in [0.25, 0.3) is 0 Å². The summed E-state index contributed by atoms with van der Waals surface area (Å²) >= 11 is 0. The summed E-state index contributed by atoms with van der Waals surface area (Å²) in [6.07, 6.45) is -3.90. The van der Waals surface area contributed by atoms with Gasteiger partial charge in [-0.25, -0.2) is 0 Å². The van der Waals surface area contributed by atoms with Gasteiger partial charge in [-0.1, -0.05) is 0 Å². The number of hydrogen-bond donors (Lipinski definition) is 6. The standard InChI is InChI=1S/C10H16N2O8.2K.2H/c11-9(1-5(13)14,2-6(15)16)10(12,3-7(17)18)4-8(19)20;;;;/h1-4,11-12H2,(H,13,14)(H,15,16)(H,17,18)(H,19,20);;;;. The van der Waals surface area contributed by atoms with Crippen LogP contribution >= 0.6 is 0 Å². The molecule has 0 saturated carbocycles. The second-order valence-corrected chi connectivity index (χ2v) is 4.59. The molecule has 12 heteroatoms. The molecule has 0 bridgehead atoms. The van der Waals surface area contributed by atoms with Crippen LogP contribution in [0.2, 0.25) is 0 Å². The fourth-order valence-corrected chi connectivity index (χ4v) is 1.91. The van der Waals surface area contributed by atoms with E-state index in [2.05, 4.69) is 0 Å². The van der Waals surface area contributed by atoms with Crippen molar-refractivity contribution in [2.75, 3.05) is 0 Å². The van der Waals surface area contributed by atoms with Gasteiger partial charge in [0.2, 0.25) is 0 Å². The fraction of sp³-hybridized carbons (Fsp3) is 0.600. The Labute approximate surface area is 210 Å². The van der Waals surface area contributed by atoms with E-state index in [0.29, 0.717) is 0 Å². The molecule has 22 heavy (non-hydrogen) atoms. The zero-order valence-corrected chi connectivity index (χ0v) is 10.4. The molecule has 10 nitrogen and oxygen atoms in total. The van der Waals surface area contributed by atoms with Gasteiger partial charge in [-0.15, -0.1) is 0 Å². The average Bonchev–Trinajstić information content (AvgIpc) is 2.10. The predicted octanol–water partition coefficient (Wildman–Crippen LogP) is -3.02. The molecule has 0 atom stereocenters. The summed E-state index contributed by atoms with van der Waals surface area (Å²) in [6.45, 7) is 0. The Balaban J connectivity index is -0.00000180. The molecule has 0 aromatic carbocycles. The molecule has 0 amide bonds. The third kappa shape index (κ3) is 9.39. The van der Waals surface area contributed by atoms with Crippen LogP contribution in [0.5, 0.6) is 0 Å². The quantitative estimate of drug-likeness (QED) is 0.226. The van der Waals surface area contributed by atoms with Gasteiger partial charge in [-0.3, -0.25) is 19.2 Å². The molecule has 0 heterocycles. The fourth-order valence-electron chi connectivity index (χ4n) is 1.91. The summed E-state index contributed by atoms with van der Waals surface area (Å²) in [5.74, 6) is -6.06. The van der Waals surface area contributed by atoms with Crippen LogP contribution in [0.1, 0.15) is 25.7 Å². The molecule has 0 aliphatic carbocycles. The first kappa shape index (κ1) is 27.9. The van der Waals surface area contributed by atoms with Crippen molar-refractivity contribution < 1.29 is 39.6 Å². The maximum atomic E-state index is 10.8. The summed E-state index contributed by atoms with van der Waals surface area (Å²) < 4.78 is 0. The van der Waals surface area contributed by atoms with Crippen LogP contribution < -0.4 is 11.5 Å². The first-order chi connectivity index (χ1) is 8.92. The van der Waals surface area contributed by atoms with Gasteiger partial charge in [0.05, 0.1) is 36.8 Å². The Morgan fingerprint density at radius 3 is 0.818 bits per heavy atom. The van der Waals surface area contributed by atoms with E-state index in [1.165, 1.54) is 0 Å². The molecule has 0 aromatic rings. The van der Waals surface area contributed by atoms with E-state index in [1.807, 2.05) is 0 Å². The van der Waals surface area contributed by atoms with Crippen LogP contribution in [0.4, 0.5) is 0 Å². The van der Waals surface area contributed by atoms with Gasteiger partial charge in [-0.05, 0) is 0 Å². The molecule has 0 rings (SSSR count). The number of aliphatic carboxylic acids is 4. The summed E-state index contributed by atoms with van der Waals surface area (Å²) in [6, 6.07) is 0. The van der Waals surface area contributed by atoms with Crippen molar-refractivity contribution in [3.63, 3.8) is 0 Å². The predicted molar refractivity (Wildman–Crippen MR) is 77.1 cm³/mol. The summed E-state index contributed by atoms with van der Waals surface area (Å²) in [5.41, 5.74) is 6.88. The summed E-state index contributed by atoms with van der Waals surface area (Å²) in [4.78, 5) is 43.2. The van der Waals surface area contributed by atoms with Crippen LogP contribution in [-0.2, 0) is 19.2 Å². The molecule has 0 aromatic heterocycles. The Morgan fingerprint density at radius 2 is 0.727 bits per heavy atom. The third-order valence-electron chi connectivity index (χ3n) is 2.86. The average molecular weight is 372 g/mol. The molecular weight excluding hydrogens is 354 g/mol. The molecule has 0 unspecified atom stereocenters. The van der Waals surface area contributed by atoms with Gasteiger partial charge in [-0.2, -0.15) is 0 Å². The molecule has 0 radical (unpaired) electrons. The molecule has 8 N–H and O–H groups in total. The molecule has 0 fully saturated rings. The van der Waals surface area contributed by atoms with Gasteiger partial charge >= 0.3 is 127 Å². The molecule has 0 aliphatic rings. The van der Waals surface area contributed by atoms with Crippen molar-refractivity contribution in [3.05, 3.63) is 0 Å². The SMILES string of the molecule is NC(CC(=O)O)(CC(=O)O)C(N)(CC(=O)O)CC(=O)O.[KH].[KH]. The zero-order chi connectivity index (χ0) is 16.1. The minimum atomic E-state index is -2.22. The number of rotatable bonds is 9. The third-order valence-corrected chi connectivity index (χ3v) is 2.86. The van der Waals surface area contributed by atoms with Gasteiger partial charge in [0.15, 0.2) is 0 Å². The Kier molecular flexibility index (Phi) is 14.7. The van der Waals surface area contributed by atoms with Crippen molar-refractivity contribution in [2.24, 2.45) is 11.5 Å². The number of carboxylic acids is 4. The van der Waals surface area contributed by atoms with Crippen LogP contribution in [0.3, 0.4) is 0 Å². The van der Waals surface area contributed by atoms with E-state index >= 15 is 0 Å². The first-order valence-electron chi connectivity index (χ1n) is 5.37. The van der Waals surface area contributed by atoms with E-state index in [-0.39, 0.29) is 103 Å². The number of nitrogens with two attached hydrogens (primary N) is 2. The second-order valence-electron chi connectivity index (χ2n) is 4.59. The minimum absolute atomic E-state index is 0. The van der Waals surface area contributed by atoms with Crippen LogP contribution in [0.15, 0.2) is 0 Å². The Hall–Kier alpha value is 1.07. The normalized spacial score (nSPS) is 10.8.